The highest BCUT2D eigenvalue weighted by Crippen LogP contribution is 2.15. The minimum atomic E-state index is 0.806. The van der Waals surface area contributed by atoms with Gasteiger partial charge >= 0.3 is 0 Å². The summed E-state index contributed by atoms with van der Waals surface area (Å²) < 4.78 is 0. The Morgan fingerprint density at radius 1 is 1.00 bits per heavy atom. The molecule has 1 rings (SSSR count). The predicted octanol–water partition coefficient (Wildman–Crippen LogP) is 4.54. The van der Waals surface area contributed by atoms with Crippen LogP contribution in [0.15, 0.2) is 18.2 Å². The maximum Gasteiger partial charge on any atom is -0.0276 e. The third-order valence-corrected chi connectivity index (χ3v) is 2.75. The van der Waals surface area contributed by atoms with Crippen molar-refractivity contribution >= 4 is 0 Å². The summed E-state index contributed by atoms with van der Waals surface area (Å²) in [5.41, 5.74) is 4.45. The second-order valence-corrected chi connectivity index (χ2v) is 5.01. The van der Waals surface area contributed by atoms with E-state index in [1.807, 2.05) is 0 Å². The highest BCUT2D eigenvalue weighted by Gasteiger charge is 2.00. The molecule has 0 saturated carbocycles. The monoisotopic (exact) mass is 204 g/mol. The average molecular weight is 204 g/mol. The zero-order valence-electron chi connectivity index (χ0n) is 10.6. The fourth-order valence-corrected chi connectivity index (χ4v) is 1.98. The summed E-state index contributed by atoms with van der Waals surface area (Å²) in [6.07, 6.45) is 4.99. The van der Waals surface area contributed by atoms with Gasteiger partial charge in [-0.05, 0) is 43.2 Å². The molecule has 1 aromatic rings. The molecule has 0 heterocycles. The SMILES string of the molecule is CCCc1cc(C)cc(CCC(C)C)c1. The van der Waals surface area contributed by atoms with Gasteiger partial charge in [0.15, 0.2) is 0 Å². The summed E-state index contributed by atoms with van der Waals surface area (Å²) >= 11 is 0. The number of rotatable bonds is 5. The first-order valence-corrected chi connectivity index (χ1v) is 6.21. The van der Waals surface area contributed by atoms with E-state index in [2.05, 4.69) is 45.9 Å². The predicted molar refractivity (Wildman–Crippen MR) is 68.3 cm³/mol. The van der Waals surface area contributed by atoms with Crippen LogP contribution in [-0.2, 0) is 12.8 Å². The van der Waals surface area contributed by atoms with Gasteiger partial charge in [-0.15, -0.1) is 0 Å². The average Bonchev–Trinajstić information content (AvgIpc) is 2.14. The quantitative estimate of drug-likeness (QED) is 0.660. The number of hydrogen-bond acceptors (Lipinski definition) is 0. The van der Waals surface area contributed by atoms with Crippen LogP contribution in [0.4, 0.5) is 0 Å². The van der Waals surface area contributed by atoms with E-state index in [1.165, 1.54) is 42.4 Å². The molecule has 0 unspecified atom stereocenters. The summed E-state index contributed by atoms with van der Waals surface area (Å²) in [5.74, 6) is 0.806. The molecule has 0 radical (unpaired) electrons. The Labute approximate surface area is 94.7 Å². The Morgan fingerprint density at radius 2 is 1.60 bits per heavy atom. The standard InChI is InChI=1S/C15H24/c1-5-6-14-9-13(4)10-15(11-14)8-7-12(2)3/h9-12H,5-8H2,1-4H3. The van der Waals surface area contributed by atoms with Crippen molar-refractivity contribution in [1.82, 2.24) is 0 Å². The first kappa shape index (κ1) is 12.3. The molecule has 0 bridgehead atoms. The molecule has 0 aliphatic carbocycles. The van der Waals surface area contributed by atoms with Gasteiger partial charge in [-0.25, -0.2) is 0 Å². The maximum atomic E-state index is 2.39. The lowest BCUT2D eigenvalue weighted by Gasteiger charge is -2.08. The van der Waals surface area contributed by atoms with Crippen molar-refractivity contribution in [3.63, 3.8) is 0 Å². The van der Waals surface area contributed by atoms with E-state index < -0.39 is 0 Å². The van der Waals surface area contributed by atoms with E-state index in [0.29, 0.717) is 0 Å². The molecular weight excluding hydrogens is 180 g/mol. The van der Waals surface area contributed by atoms with Gasteiger partial charge in [0, 0.05) is 0 Å². The van der Waals surface area contributed by atoms with Crippen molar-refractivity contribution in [2.24, 2.45) is 5.92 Å². The molecule has 0 aliphatic rings. The molecule has 0 aliphatic heterocycles. The third-order valence-electron chi connectivity index (χ3n) is 2.75. The summed E-state index contributed by atoms with van der Waals surface area (Å²) in [6, 6.07) is 7.04. The zero-order chi connectivity index (χ0) is 11.3. The van der Waals surface area contributed by atoms with Gasteiger partial charge in [-0.3, -0.25) is 0 Å². The Bertz CT molecular complexity index is 297. The summed E-state index contributed by atoms with van der Waals surface area (Å²) in [6.45, 7) is 9.04. The molecule has 0 saturated heterocycles. The van der Waals surface area contributed by atoms with Crippen molar-refractivity contribution in [3.8, 4) is 0 Å². The van der Waals surface area contributed by atoms with Crippen molar-refractivity contribution < 1.29 is 0 Å². The largest absolute Gasteiger partial charge is 0.0651 e. The van der Waals surface area contributed by atoms with E-state index in [0.717, 1.165) is 5.92 Å². The molecular formula is C15H24. The van der Waals surface area contributed by atoms with Crippen molar-refractivity contribution in [3.05, 3.63) is 34.9 Å². The van der Waals surface area contributed by atoms with E-state index in [-0.39, 0.29) is 0 Å². The van der Waals surface area contributed by atoms with Gasteiger partial charge in [-0.1, -0.05) is 51.0 Å². The second-order valence-electron chi connectivity index (χ2n) is 5.01. The Balaban J connectivity index is 2.70. The van der Waals surface area contributed by atoms with Gasteiger partial charge in [-0.2, -0.15) is 0 Å². The summed E-state index contributed by atoms with van der Waals surface area (Å²) in [4.78, 5) is 0. The molecule has 0 N–H and O–H groups in total. The highest BCUT2D eigenvalue weighted by atomic mass is 14.1. The minimum absolute atomic E-state index is 0.806. The number of benzene rings is 1. The van der Waals surface area contributed by atoms with Crippen LogP contribution in [0.2, 0.25) is 0 Å². The van der Waals surface area contributed by atoms with Gasteiger partial charge in [0.1, 0.15) is 0 Å². The van der Waals surface area contributed by atoms with Crippen LogP contribution < -0.4 is 0 Å². The molecule has 0 aromatic heterocycles. The van der Waals surface area contributed by atoms with Crippen LogP contribution in [0.1, 0.15) is 50.3 Å². The van der Waals surface area contributed by atoms with E-state index >= 15 is 0 Å². The lowest BCUT2D eigenvalue weighted by molar-refractivity contribution is 0.586. The Morgan fingerprint density at radius 3 is 2.13 bits per heavy atom. The highest BCUT2D eigenvalue weighted by molar-refractivity contribution is 5.29. The zero-order valence-corrected chi connectivity index (χ0v) is 10.6. The molecule has 0 nitrogen and oxygen atoms in total. The van der Waals surface area contributed by atoms with Crippen LogP contribution in [0, 0.1) is 12.8 Å². The number of hydrogen-bond donors (Lipinski definition) is 0. The van der Waals surface area contributed by atoms with Crippen LogP contribution in [0.3, 0.4) is 0 Å². The summed E-state index contributed by atoms with van der Waals surface area (Å²) in [5, 5.41) is 0. The molecule has 0 spiro atoms. The summed E-state index contributed by atoms with van der Waals surface area (Å²) in [7, 11) is 0. The van der Waals surface area contributed by atoms with Crippen molar-refractivity contribution in [2.75, 3.05) is 0 Å². The Kier molecular flexibility index (Phi) is 4.87. The normalized spacial score (nSPS) is 11.0. The van der Waals surface area contributed by atoms with Crippen molar-refractivity contribution in [1.29, 1.82) is 0 Å². The van der Waals surface area contributed by atoms with Gasteiger partial charge < -0.3 is 0 Å². The van der Waals surface area contributed by atoms with Gasteiger partial charge in [0.05, 0.1) is 0 Å². The van der Waals surface area contributed by atoms with Crippen LogP contribution >= 0.6 is 0 Å². The lowest BCUT2D eigenvalue weighted by Crippen LogP contribution is -1.95. The van der Waals surface area contributed by atoms with Gasteiger partial charge in [0.25, 0.3) is 0 Å². The van der Waals surface area contributed by atoms with E-state index in [4.69, 9.17) is 0 Å². The molecule has 0 atom stereocenters. The van der Waals surface area contributed by atoms with Crippen LogP contribution in [0.5, 0.6) is 0 Å². The first-order valence-electron chi connectivity index (χ1n) is 6.21. The number of aryl methyl sites for hydroxylation is 3. The van der Waals surface area contributed by atoms with Gasteiger partial charge in [0.2, 0.25) is 0 Å². The molecule has 0 amide bonds. The molecule has 84 valence electrons. The fraction of sp³-hybridized carbons (Fsp3) is 0.600. The molecule has 0 heteroatoms. The molecule has 0 fully saturated rings. The molecule has 1 aromatic carbocycles. The topological polar surface area (TPSA) is 0 Å². The second kappa shape index (κ2) is 5.95. The van der Waals surface area contributed by atoms with Crippen LogP contribution in [-0.4, -0.2) is 0 Å². The lowest BCUT2D eigenvalue weighted by atomic mass is 9.98. The fourth-order valence-electron chi connectivity index (χ4n) is 1.98. The Hall–Kier alpha value is -0.780. The minimum Gasteiger partial charge on any atom is -0.0651 e. The molecule has 15 heavy (non-hydrogen) atoms. The van der Waals surface area contributed by atoms with E-state index in [9.17, 15) is 0 Å². The van der Waals surface area contributed by atoms with Crippen LogP contribution in [0.25, 0.3) is 0 Å². The maximum absolute atomic E-state index is 2.39. The third kappa shape index (κ3) is 4.51. The first-order chi connectivity index (χ1) is 7.11. The van der Waals surface area contributed by atoms with E-state index in [1.54, 1.807) is 0 Å². The van der Waals surface area contributed by atoms with Crippen molar-refractivity contribution in [2.45, 2.75) is 53.4 Å². The smallest absolute Gasteiger partial charge is 0.0276 e.